The summed E-state index contributed by atoms with van der Waals surface area (Å²) in [4.78, 5) is 14.7. The van der Waals surface area contributed by atoms with Gasteiger partial charge in [-0.05, 0) is 18.6 Å². The number of hydrogen-bond donors (Lipinski definition) is 1. The smallest absolute Gasteiger partial charge is 0.317 e. The van der Waals surface area contributed by atoms with E-state index in [0.717, 1.165) is 10.8 Å². The van der Waals surface area contributed by atoms with Gasteiger partial charge in [0, 0.05) is 24.5 Å². The molecule has 1 N–H and O–H groups in total. The SMILES string of the molecule is O=C(NCCc1ccc(Cl)s1)N1CCOCC1. The van der Waals surface area contributed by atoms with Crippen molar-refractivity contribution in [2.45, 2.75) is 6.42 Å². The lowest BCUT2D eigenvalue weighted by molar-refractivity contribution is 0.0533. The molecular formula is C11H15ClN2O2S. The minimum atomic E-state index is -0.00375. The summed E-state index contributed by atoms with van der Waals surface area (Å²) >= 11 is 7.39. The third-order valence-electron chi connectivity index (χ3n) is 2.57. The van der Waals surface area contributed by atoms with Crippen LogP contribution in [0.25, 0.3) is 0 Å². The van der Waals surface area contributed by atoms with Crippen LogP contribution in [0.1, 0.15) is 4.88 Å². The van der Waals surface area contributed by atoms with Crippen LogP contribution in [-0.2, 0) is 11.2 Å². The van der Waals surface area contributed by atoms with Crippen LogP contribution in [0.5, 0.6) is 0 Å². The van der Waals surface area contributed by atoms with Crippen LogP contribution in [0.2, 0.25) is 4.34 Å². The number of rotatable bonds is 3. The average Bonchev–Trinajstić information content (AvgIpc) is 2.76. The van der Waals surface area contributed by atoms with Gasteiger partial charge in [0.15, 0.2) is 0 Å². The number of nitrogens with zero attached hydrogens (tertiary/aromatic N) is 1. The predicted molar refractivity (Wildman–Crippen MR) is 68.8 cm³/mol. The summed E-state index contributed by atoms with van der Waals surface area (Å²) in [7, 11) is 0. The fourth-order valence-corrected chi connectivity index (χ4v) is 2.74. The van der Waals surface area contributed by atoms with Crippen molar-refractivity contribution in [2.24, 2.45) is 0 Å². The number of thiophene rings is 1. The number of morpholine rings is 1. The Bertz CT molecular complexity index is 377. The van der Waals surface area contributed by atoms with Crippen LogP contribution < -0.4 is 5.32 Å². The van der Waals surface area contributed by atoms with Gasteiger partial charge in [0.25, 0.3) is 0 Å². The molecule has 4 nitrogen and oxygen atoms in total. The lowest BCUT2D eigenvalue weighted by Gasteiger charge is -2.26. The van der Waals surface area contributed by atoms with E-state index in [1.807, 2.05) is 12.1 Å². The van der Waals surface area contributed by atoms with Gasteiger partial charge >= 0.3 is 6.03 Å². The van der Waals surface area contributed by atoms with Gasteiger partial charge < -0.3 is 15.0 Å². The second-order valence-corrected chi connectivity index (χ2v) is 5.59. The molecule has 1 aromatic rings. The minimum Gasteiger partial charge on any atom is -0.378 e. The summed E-state index contributed by atoms with van der Waals surface area (Å²) in [5.74, 6) is 0. The van der Waals surface area contributed by atoms with Gasteiger partial charge in [-0.1, -0.05) is 11.6 Å². The van der Waals surface area contributed by atoms with Crippen LogP contribution in [0.4, 0.5) is 4.79 Å². The standard InChI is InChI=1S/C11H15ClN2O2S/c12-10-2-1-9(17-10)3-4-13-11(15)14-5-7-16-8-6-14/h1-2H,3-8H2,(H,13,15). The highest BCUT2D eigenvalue weighted by Gasteiger charge is 2.15. The summed E-state index contributed by atoms with van der Waals surface area (Å²) in [6, 6.07) is 3.87. The molecule has 0 unspecified atom stereocenters. The molecule has 94 valence electrons. The summed E-state index contributed by atoms with van der Waals surface area (Å²) in [6.07, 6.45) is 0.827. The molecule has 0 atom stereocenters. The predicted octanol–water partition coefficient (Wildman–Crippen LogP) is 1.99. The molecular weight excluding hydrogens is 260 g/mol. The summed E-state index contributed by atoms with van der Waals surface area (Å²) < 4.78 is 5.98. The van der Waals surface area contributed by atoms with Crippen LogP contribution in [0.3, 0.4) is 0 Å². The van der Waals surface area contributed by atoms with Gasteiger partial charge in [-0.15, -0.1) is 11.3 Å². The molecule has 17 heavy (non-hydrogen) atoms. The molecule has 1 fully saturated rings. The van der Waals surface area contributed by atoms with E-state index >= 15 is 0 Å². The van der Waals surface area contributed by atoms with Crippen molar-refractivity contribution in [3.8, 4) is 0 Å². The van der Waals surface area contributed by atoms with E-state index < -0.39 is 0 Å². The fourth-order valence-electron chi connectivity index (χ4n) is 1.66. The Morgan fingerprint density at radius 1 is 1.47 bits per heavy atom. The maximum Gasteiger partial charge on any atom is 0.317 e. The first-order valence-corrected chi connectivity index (χ1v) is 6.80. The third kappa shape index (κ3) is 3.87. The van der Waals surface area contributed by atoms with Gasteiger partial charge in [0.05, 0.1) is 17.6 Å². The van der Waals surface area contributed by atoms with E-state index in [2.05, 4.69) is 5.32 Å². The zero-order valence-electron chi connectivity index (χ0n) is 9.45. The van der Waals surface area contributed by atoms with E-state index in [-0.39, 0.29) is 6.03 Å². The van der Waals surface area contributed by atoms with Gasteiger partial charge in [-0.3, -0.25) is 0 Å². The molecule has 6 heteroatoms. The van der Waals surface area contributed by atoms with Crippen molar-refractivity contribution in [3.63, 3.8) is 0 Å². The van der Waals surface area contributed by atoms with Crippen molar-refractivity contribution in [2.75, 3.05) is 32.8 Å². The monoisotopic (exact) mass is 274 g/mol. The third-order valence-corrected chi connectivity index (χ3v) is 3.87. The highest BCUT2D eigenvalue weighted by Crippen LogP contribution is 2.21. The molecule has 2 amide bonds. The van der Waals surface area contributed by atoms with E-state index in [9.17, 15) is 4.79 Å². The van der Waals surface area contributed by atoms with Gasteiger partial charge in [-0.2, -0.15) is 0 Å². The second kappa shape index (κ2) is 6.23. The number of carbonyl (C=O) groups excluding carboxylic acids is 1. The van der Waals surface area contributed by atoms with E-state index in [1.54, 1.807) is 16.2 Å². The highest BCUT2D eigenvalue weighted by atomic mass is 35.5. The number of nitrogens with one attached hydrogen (secondary N) is 1. The van der Waals surface area contributed by atoms with Crippen molar-refractivity contribution < 1.29 is 9.53 Å². The van der Waals surface area contributed by atoms with Gasteiger partial charge in [0.1, 0.15) is 0 Å². The number of amides is 2. The van der Waals surface area contributed by atoms with Gasteiger partial charge in [-0.25, -0.2) is 4.79 Å². The van der Waals surface area contributed by atoms with Crippen LogP contribution >= 0.6 is 22.9 Å². The fraction of sp³-hybridized carbons (Fsp3) is 0.545. The molecule has 0 saturated carbocycles. The molecule has 0 aromatic carbocycles. The van der Waals surface area contributed by atoms with Crippen molar-refractivity contribution in [3.05, 3.63) is 21.3 Å². The molecule has 2 heterocycles. The van der Waals surface area contributed by atoms with E-state index in [0.29, 0.717) is 32.8 Å². The number of urea groups is 1. The molecule has 1 aliphatic rings. The molecule has 0 bridgehead atoms. The Kier molecular flexibility index (Phi) is 4.65. The van der Waals surface area contributed by atoms with Crippen LogP contribution in [-0.4, -0.2) is 43.8 Å². The largest absolute Gasteiger partial charge is 0.378 e. The Balaban J connectivity index is 1.69. The van der Waals surface area contributed by atoms with E-state index in [4.69, 9.17) is 16.3 Å². The minimum absolute atomic E-state index is 0.00375. The first-order chi connectivity index (χ1) is 8.25. The topological polar surface area (TPSA) is 41.6 Å². The summed E-state index contributed by atoms with van der Waals surface area (Å²) in [5.41, 5.74) is 0. The van der Waals surface area contributed by atoms with Crippen molar-refractivity contribution in [1.29, 1.82) is 0 Å². The molecule has 0 spiro atoms. The van der Waals surface area contributed by atoms with Gasteiger partial charge in [0.2, 0.25) is 0 Å². The Hall–Kier alpha value is -0.780. The molecule has 1 aliphatic heterocycles. The molecule has 2 rings (SSSR count). The first-order valence-electron chi connectivity index (χ1n) is 5.60. The molecule has 1 aromatic heterocycles. The lowest BCUT2D eigenvalue weighted by atomic mass is 10.3. The van der Waals surface area contributed by atoms with E-state index in [1.165, 1.54) is 4.88 Å². The Morgan fingerprint density at radius 3 is 2.88 bits per heavy atom. The normalized spacial score (nSPS) is 15.9. The number of ether oxygens (including phenoxy) is 1. The lowest BCUT2D eigenvalue weighted by Crippen LogP contribution is -2.46. The zero-order chi connectivity index (χ0) is 12.1. The van der Waals surface area contributed by atoms with Crippen LogP contribution in [0, 0.1) is 0 Å². The number of hydrogen-bond acceptors (Lipinski definition) is 3. The Morgan fingerprint density at radius 2 is 2.24 bits per heavy atom. The second-order valence-electron chi connectivity index (χ2n) is 3.79. The Labute approximate surface area is 110 Å². The summed E-state index contributed by atoms with van der Waals surface area (Å²) in [6.45, 7) is 3.27. The maximum absolute atomic E-state index is 11.7. The quantitative estimate of drug-likeness (QED) is 0.916. The maximum atomic E-state index is 11.7. The zero-order valence-corrected chi connectivity index (χ0v) is 11.0. The average molecular weight is 275 g/mol. The van der Waals surface area contributed by atoms with Crippen molar-refractivity contribution in [1.82, 2.24) is 10.2 Å². The summed E-state index contributed by atoms with van der Waals surface area (Å²) in [5, 5.41) is 2.91. The van der Waals surface area contributed by atoms with Crippen LogP contribution in [0.15, 0.2) is 12.1 Å². The van der Waals surface area contributed by atoms with Crippen molar-refractivity contribution >= 4 is 29.0 Å². The molecule has 0 aliphatic carbocycles. The number of halogens is 1. The highest BCUT2D eigenvalue weighted by molar-refractivity contribution is 7.16. The molecule has 0 radical (unpaired) electrons. The molecule has 1 saturated heterocycles. The number of carbonyl (C=O) groups is 1. The first kappa shape index (κ1) is 12.7.